The normalized spacial score (nSPS) is 11.6. The Morgan fingerprint density at radius 1 is 1.42 bits per heavy atom. The third-order valence-electron chi connectivity index (χ3n) is 1.43. The van der Waals surface area contributed by atoms with E-state index in [0.29, 0.717) is 16.3 Å². The molecular formula is C7H9ClN4. The van der Waals surface area contributed by atoms with Crippen LogP contribution >= 0.6 is 11.6 Å². The van der Waals surface area contributed by atoms with Crippen LogP contribution in [0.2, 0.25) is 5.02 Å². The van der Waals surface area contributed by atoms with Crippen LogP contribution in [0.1, 0.15) is 5.56 Å². The lowest BCUT2D eigenvalue weighted by molar-refractivity contribution is 1.23. The fraction of sp³-hybridized carbons (Fsp3) is 0. The topological polar surface area (TPSA) is 90.4 Å². The van der Waals surface area contributed by atoms with E-state index in [4.69, 9.17) is 28.9 Å². The lowest BCUT2D eigenvalue weighted by atomic mass is 10.2. The van der Waals surface area contributed by atoms with Gasteiger partial charge in [0.25, 0.3) is 0 Å². The first kappa shape index (κ1) is 8.67. The standard InChI is InChI=1S/C7H9ClN4/c8-4-1-2-5(6(9)3-4)7(10)12-11/h1-3H,9,11H2,(H2,10,12). The number of anilines is 1. The molecule has 0 aromatic heterocycles. The fourth-order valence-electron chi connectivity index (χ4n) is 0.836. The van der Waals surface area contributed by atoms with Crippen LogP contribution < -0.4 is 17.3 Å². The molecule has 0 unspecified atom stereocenters. The summed E-state index contributed by atoms with van der Waals surface area (Å²) in [6, 6.07) is 4.93. The number of nitrogens with two attached hydrogens (primary N) is 3. The van der Waals surface area contributed by atoms with E-state index in [9.17, 15) is 0 Å². The Bertz CT molecular complexity index is 321. The van der Waals surface area contributed by atoms with Gasteiger partial charge in [-0.3, -0.25) is 0 Å². The van der Waals surface area contributed by atoms with E-state index in [2.05, 4.69) is 5.10 Å². The Morgan fingerprint density at radius 2 is 2.08 bits per heavy atom. The third-order valence-corrected chi connectivity index (χ3v) is 1.66. The molecule has 0 aliphatic heterocycles. The number of nitrogen functional groups attached to an aromatic ring is 1. The first-order valence-electron chi connectivity index (χ1n) is 3.24. The summed E-state index contributed by atoms with van der Waals surface area (Å²) in [5.74, 6) is 5.18. The quantitative estimate of drug-likeness (QED) is 0.195. The Morgan fingerprint density at radius 3 is 2.58 bits per heavy atom. The zero-order chi connectivity index (χ0) is 9.14. The van der Waals surface area contributed by atoms with E-state index in [1.807, 2.05) is 0 Å². The first-order valence-corrected chi connectivity index (χ1v) is 3.61. The Balaban J connectivity index is 3.18. The van der Waals surface area contributed by atoms with Crippen LogP contribution in [0.3, 0.4) is 0 Å². The second-order valence-corrected chi connectivity index (χ2v) is 2.68. The summed E-state index contributed by atoms with van der Waals surface area (Å²) < 4.78 is 0. The minimum atomic E-state index is 0.198. The van der Waals surface area contributed by atoms with E-state index >= 15 is 0 Å². The van der Waals surface area contributed by atoms with Crippen molar-refractivity contribution >= 4 is 23.1 Å². The molecule has 4 nitrogen and oxygen atoms in total. The second kappa shape index (κ2) is 3.32. The van der Waals surface area contributed by atoms with Crippen molar-refractivity contribution in [2.24, 2.45) is 16.7 Å². The van der Waals surface area contributed by atoms with Crippen LogP contribution in [-0.4, -0.2) is 5.84 Å². The summed E-state index contributed by atoms with van der Waals surface area (Å²) in [5, 5.41) is 3.88. The van der Waals surface area contributed by atoms with E-state index in [-0.39, 0.29) is 5.84 Å². The molecule has 0 bridgehead atoms. The van der Waals surface area contributed by atoms with Crippen molar-refractivity contribution in [3.8, 4) is 0 Å². The number of hydrogen-bond acceptors (Lipinski definition) is 3. The van der Waals surface area contributed by atoms with Gasteiger partial charge in [0.15, 0.2) is 5.84 Å². The van der Waals surface area contributed by atoms with Crippen LogP contribution in [0.5, 0.6) is 0 Å². The number of nitrogens with zero attached hydrogens (tertiary/aromatic N) is 1. The van der Waals surface area contributed by atoms with Crippen molar-refractivity contribution in [1.82, 2.24) is 0 Å². The zero-order valence-electron chi connectivity index (χ0n) is 6.29. The number of halogens is 1. The van der Waals surface area contributed by atoms with Crippen LogP contribution in [0.25, 0.3) is 0 Å². The number of rotatable bonds is 1. The maximum atomic E-state index is 5.67. The fourth-order valence-corrected chi connectivity index (χ4v) is 1.02. The molecule has 6 N–H and O–H groups in total. The molecule has 1 aromatic carbocycles. The Labute approximate surface area is 75.0 Å². The summed E-state index contributed by atoms with van der Waals surface area (Å²) in [4.78, 5) is 0. The zero-order valence-corrected chi connectivity index (χ0v) is 7.05. The highest BCUT2D eigenvalue weighted by Gasteiger charge is 2.02. The maximum absolute atomic E-state index is 5.67. The van der Waals surface area contributed by atoms with E-state index in [1.165, 1.54) is 0 Å². The van der Waals surface area contributed by atoms with Crippen molar-refractivity contribution in [2.75, 3.05) is 5.73 Å². The van der Waals surface area contributed by atoms with E-state index < -0.39 is 0 Å². The van der Waals surface area contributed by atoms with Crippen molar-refractivity contribution in [3.05, 3.63) is 28.8 Å². The minimum Gasteiger partial charge on any atom is -0.398 e. The van der Waals surface area contributed by atoms with Gasteiger partial charge in [0.05, 0.1) is 0 Å². The van der Waals surface area contributed by atoms with Crippen LogP contribution in [0.15, 0.2) is 23.3 Å². The van der Waals surface area contributed by atoms with Crippen LogP contribution in [0, 0.1) is 0 Å². The smallest absolute Gasteiger partial charge is 0.152 e. The molecule has 64 valence electrons. The first-order chi connectivity index (χ1) is 5.65. The van der Waals surface area contributed by atoms with Gasteiger partial charge >= 0.3 is 0 Å². The Hall–Kier alpha value is -1.42. The van der Waals surface area contributed by atoms with Crippen molar-refractivity contribution in [3.63, 3.8) is 0 Å². The van der Waals surface area contributed by atoms with Crippen molar-refractivity contribution in [2.45, 2.75) is 0 Å². The average molecular weight is 185 g/mol. The molecule has 0 atom stereocenters. The molecule has 0 amide bonds. The van der Waals surface area contributed by atoms with Crippen LogP contribution in [-0.2, 0) is 0 Å². The molecule has 0 radical (unpaired) electrons. The molecule has 0 heterocycles. The number of benzene rings is 1. The number of hydrazone groups is 1. The number of hydrogen-bond donors (Lipinski definition) is 3. The van der Waals surface area contributed by atoms with Crippen molar-refractivity contribution < 1.29 is 0 Å². The average Bonchev–Trinajstić information content (AvgIpc) is 2.03. The molecule has 1 rings (SSSR count). The van der Waals surface area contributed by atoms with Crippen molar-refractivity contribution in [1.29, 1.82) is 0 Å². The largest absolute Gasteiger partial charge is 0.398 e. The molecule has 0 aliphatic rings. The van der Waals surface area contributed by atoms with Gasteiger partial charge in [-0.1, -0.05) is 11.6 Å². The third kappa shape index (κ3) is 1.60. The summed E-state index contributed by atoms with van der Waals surface area (Å²) in [5.41, 5.74) is 12.1. The highest BCUT2D eigenvalue weighted by atomic mass is 35.5. The highest BCUT2D eigenvalue weighted by molar-refractivity contribution is 6.31. The molecule has 1 aromatic rings. The lowest BCUT2D eigenvalue weighted by Gasteiger charge is -2.03. The minimum absolute atomic E-state index is 0.198. The second-order valence-electron chi connectivity index (χ2n) is 2.25. The molecule has 0 saturated heterocycles. The lowest BCUT2D eigenvalue weighted by Crippen LogP contribution is -2.17. The summed E-state index contributed by atoms with van der Waals surface area (Å²) >= 11 is 5.67. The summed E-state index contributed by atoms with van der Waals surface area (Å²) in [6.07, 6.45) is 0. The van der Waals surface area contributed by atoms with E-state index in [1.54, 1.807) is 18.2 Å². The van der Waals surface area contributed by atoms with Gasteiger partial charge in [-0.15, -0.1) is 0 Å². The molecule has 0 spiro atoms. The molecule has 12 heavy (non-hydrogen) atoms. The maximum Gasteiger partial charge on any atom is 0.152 e. The number of amidine groups is 1. The predicted octanol–water partition coefficient (Wildman–Crippen LogP) is 0.501. The molecule has 0 fully saturated rings. The molecular weight excluding hydrogens is 176 g/mol. The van der Waals surface area contributed by atoms with Gasteiger partial charge in [0, 0.05) is 16.3 Å². The van der Waals surface area contributed by atoms with Gasteiger partial charge in [-0.25, -0.2) is 0 Å². The Kier molecular flexibility index (Phi) is 2.40. The molecule has 0 saturated carbocycles. The van der Waals surface area contributed by atoms with Gasteiger partial charge < -0.3 is 17.3 Å². The summed E-state index contributed by atoms with van der Waals surface area (Å²) in [6.45, 7) is 0. The monoisotopic (exact) mass is 184 g/mol. The summed E-state index contributed by atoms with van der Waals surface area (Å²) in [7, 11) is 0. The highest BCUT2D eigenvalue weighted by Crippen LogP contribution is 2.17. The van der Waals surface area contributed by atoms with Gasteiger partial charge in [-0.2, -0.15) is 5.10 Å². The predicted molar refractivity (Wildman–Crippen MR) is 50.8 cm³/mol. The van der Waals surface area contributed by atoms with E-state index in [0.717, 1.165) is 0 Å². The SMILES string of the molecule is N/N=C(\N)c1ccc(Cl)cc1N. The van der Waals surface area contributed by atoms with Crippen LogP contribution in [0.4, 0.5) is 5.69 Å². The molecule has 0 aliphatic carbocycles. The molecule has 5 heteroatoms. The van der Waals surface area contributed by atoms with Gasteiger partial charge in [0.2, 0.25) is 0 Å². The van der Waals surface area contributed by atoms with Gasteiger partial charge in [-0.05, 0) is 18.2 Å². The van der Waals surface area contributed by atoms with Gasteiger partial charge in [0.1, 0.15) is 0 Å².